The van der Waals surface area contributed by atoms with Gasteiger partial charge >= 0.3 is 0 Å². The fourth-order valence-electron chi connectivity index (χ4n) is 2.40. The smallest absolute Gasteiger partial charge is 0.103 e. The van der Waals surface area contributed by atoms with Gasteiger partial charge in [-0.25, -0.2) is 0 Å². The van der Waals surface area contributed by atoms with Gasteiger partial charge in [-0.3, -0.25) is 0 Å². The third kappa shape index (κ3) is 1.82. The van der Waals surface area contributed by atoms with Gasteiger partial charge < -0.3 is 4.90 Å². The number of anilines is 1. The van der Waals surface area contributed by atoms with Crippen LogP contribution in [0.3, 0.4) is 0 Å². The van der Waals surface area contributed by atoms with E-state index in [1.54, 1.807) is 0 Å². The quantitative estimate of drug-likeness (QED) is 0.783. The second kappa shape index (κ2) is 4.10. The van der Waals surface area contributed by atoms with E-state index in [0.29, 0.717) is 0 Å². The lowest BCUT2D eigenvalue weighted by molar-refractivity contribution is 0.517. The van der Waals surface area contributed by atoms with Gasteiger partial charge in [-0.15, -0.1) is 0 Å². The van der Waals surface area contributed by atoms with E-state index in [1.165, 1.54) is 12.8 Å². The first-order valence-corrected chi connectivity index (χ1v) is 6.32. The van der Waals surface area contributed by atoms with Crippen LogP contribution >= 0.6 is 15.9 Å². The highest BCUT2D eigenvalue weighted by Crippen LogP contribution is 2.37. The summed E-state index contributed by atoms with van der Waals surface area (Å²) in [6.45, 7) is 5.52. The molecule has 0 saturated carbocycles. The van der Waals surface area contributed by atoms with Gasteiger partial charge in [0.25, 0.3) is 0 Å². The van der Waals surface area contributed by atoms with Crippen molar-refractivity contribution in [3.8, 4) is 6.07 Å². The fraction of sp³-hybridized carbons (Fsp3) is 0.462. The first-order chi connectivity index (χ1) is 7.56. The zero-order valence-corrected chi connectivity index (χ0v) is 11.2. The Kier molecular flexibility index (Phi) is 2.94. The van der Waals surface area contributed by atoms with E-state index in [1.807, 2.05) is 18.2 Å². The minimum Gasteiger partial charge on any atom is -0.365 e. The minimum absolute atomic E-state index is 0.159. The lowest BCUT2D eigenvalue weighted by atomic mass is 10.0. The molecule has 0 amide bonds. The Bertz CT molecular complexity index is 446. The normalized spacial score (nSPS) is 18.5. The van der Waals surface area contributed by atoms with Gasteiger partial charge in [-0.05, 0) is 54.8 Å². The molecule has 0 aliphatic carbocycles. The molecule has 16 heavy (non-hydrogen) atoms. The summed E-state index contributed by atoms with van der Waals surface area (Å²) in [5.74, 6) is 0. The summed E-state index contributed by atoms with van der Waals surface area (Å²) in [4.78, 5) is 2.34. The Hall–Kier alpha value is -1.01. The third-order valence-corrected chi connectivity index (χ3v) is 3.96. The molecule has 0 radical (unpaired) electrons. The van der Waals surface area contributed by atoms with Gasteiger partial charge in [0, 0.05) is 16.6 Å². The van der Waals surface area contributed by atoms with Gasteiger partial charge in [0.1, 0.15) is 6.07 Å². The van der Waals surface area contributed by atoms with E-state index in [2.05, 4.69) is 40.7 Å². The lowest BCUT2D eigenvalue weighted by Crippen LogP contribution is -2.38. The Morgan fingerprint density at radius 3 is 2.75 bits per heavy atom. The van der Waals surface area contributed by atoms with Gasteiger partial charge in [0.05, 0.1) is 11.3 Å². The van der Waals surface area contributed by atoms with Crippen LogP contribution in [0.5, 0.6) is 0 Å². The highest BCUT2D eigenvalue weighted by atomic mass is 79.9. The molecule has 1 fully saturated rings. The maximum atomic E-state index is 9.22. The molecule has 0 bridgehead atoms. The van der Waals surface area contributed by atoms with E-state index in [4.69, 9.17) is 0 Å². The molecular formula is C13H15BrN2. The molecule has 0 N–H and O–H groups in total. The Morgan fingerprint density at radius 2 is 2.19 bits per heavy atom. The number of benzene rings is 1. The Morgan fingerprint density at radius 1 is 1.44 bits per heavy atom. The number of nitrogens with zero attached hydrogens (tertiary/aromatic N) is 2. The molecule has 84 valence electrons. The fourth-order valence-corrected chi connectivity index (χ4v) is 2.85. The summed E-state index contributed by atoms with van der Waals surface area (Å²) in [6, 6.07) is 8.24. The maximum Gasteiger partial charge on any atom is 0.103 e. The van der Waals surface area contributed by atoms with E-state index in [9.17, 15) is 5.26 Å². The van der Waals surface area contributed by atoms with Crippen LogP contribution in [-0.4, -0.2) is 12.1 Å². The minimum atomic E-state index is 0.159. The number of hydrogen-bond acceptors (Lipinski definition) is 2. The second-order valence-electron chi connectivity index (χ2n) is 4.81. The van der Waals surface area contributed by atoms with Crippen molar-refractivity contribution in [1.29, 1.82) is 5.26 Å². The SMILES string of the molecule is CC1(C)CCCN1c1cccc(Br)c1C#N. The van der Waals surface area contributed by atoms with Crippen molar-refractivity contribution in [2.45, 2.75) is 32.2 Å². The van der Waals surface area contributed by atoms with E-state index in [0.717, 1.165) is 22.3 Å². The number of halogens is 1. The number of nitriles is 1. The summed E-state index contributed by atoms with van der Waals surface area (Å²) >= 11 is 3.44. The standard InChI is InChI=1S/C13H15BrN2/c1-13(2)7-4-8-16(13)12-6-3-5-11(14)10(12)9-15/h3,5-6H,4,7-8H2,1-2H3. The second-order valence-corrected chi connectivity index (χ2v) is 5.67. The highest BCUT2D eigenvalue weighted by Gasteiger charge is 2.33. The Labute approximate surface area is 105 Å². The largest absolute Gasteiger partial charge is 0.365 e. The molecule has 1 aliphatic heterocycles. The predicted molar refractivity (Wildman–Crippen MR) is 69.5 cm³/mol. The van der Waals surface area contributed by atoms with Crippen LogP contribution in [0.15, 0.2) is 22.7 Å². The van der Waals surface area contributed by atoms with Crippen molar-refractivity contribution >= 4 is 21.6 Å². The van der Waals surface area contributed by atoms with Crippen molar-refractivity contribution in [3.63, 3.8) is 0 Å². The average Bonchev–Trinajstić information content (AvgIpc) is 2.57. The molecule has 0 aromatic heterocycles. The van der Waals surface area contributed by atoms with Crippen LogP contribution in [0.1, 0.15) is 32.3 Å². The predicted octanol–water partition coefficient (Wildman–Crippen LogP) is 3.70. The summed E-state index contributed by atoms with van der Waals surface area (Å²) < 4.78 is 0.884. The molecule has 1 heterocycles. The lowest BCUT2D eigenvalue weighted by Gasteiger charge is -2.34. The van der Waals surface area contributed by atoms with Crippen LogP contribution in [0.2, 0.25) is 0 Å². The maximum absolute atomic E-state index is 9.22. The van der Waals surface area contributed by atoms with E-state index >= 15 is 0 Å². The van der Waals surface area contributed by atoms with Crippen molar-refractivity contribution < 1.29 is 0 Å². The molecule has 1 aromatic rings. The first-order valence-electron chi connectivity index (χ1n) is 5.52. The van der Waals surface area contributed by atoms with Crippen LogP contribution in [0.4, 0.5) is 5.69 Å². The van der Waals surface area contributed by atoms with E-state index in [-0.39, 0.29) is 5.54 Å². The molecule has 1 aliphatic rings. The van der Waals surface area contributed by atoms with E-state index < -0.39 is 0 Å². The molecule has 0 unspecified atom stereocenters. The third-order valence-electron chi connectivity index (χ3n) is 3.30. The molecule has 3 heteroatoms. The van der Waals surface area contributed by atoms with Crippen molar-refractivity contribution in [2.75, 3.05) is 11.4 Å². The van der Waals surface area contributed by atoms with Crippen molar-refractivity contribution in [3.05, 3.63) is 28.2 Å². The molecule has 0 atom stereocenters. The monoisotopic (exact) mass is 278 g/mol. The summed E-state index contributed by atoms with van der Waals surface area (Å²) in [5.41, 5.74) is 1.96. The van der Waals surface area contributed by atoms with Crippen LogP contribution in [0, 0.1) is 11.3 Å². The molecule has 2 rings (SSSR count). The zero-order chi connectivity index (χ0) is 11.8. The van der Waals surface area contributed by atoms with Gasteiger partial charge in [0.15, 0.2) is 0 Å². The van der Waals surface area contributed by atoms with Crippen molar-refractivity contribution in [1.82, 2.24) is 0 Å². The summed E-state index contributed by atoms with van der Waals surface area (Å²) in [5, 5.41) is 9.22. The molecule has 0 spiro atoms. The van der Waals surface area contributed by atoms with Crippen LogP contribution < -0.4 is 4.90 Å². The summed E-state index contributed by atoms with van der Waals surface area (Å²) in [7, 11) is 0. The molecule has 1 saturated heterocycles. The topological polar surface area (TPSA) is 27.0 Å². The molecule has 1 aromatic carbocycles. The number of rotatable bonds is 1. The Balaban J connectivity index is 2.49. The molecule has 2 nitrogen and oxygen atoms in total. The number of hydrogen-bond donors (Lipinski definition) is 0. The highest BCUT2D eigenvalue weighted by molar-refractivity contribution is 9.10. The average molecular weight is 279 g/mol. The van der Waals surface area contributed by atoms with Crippen molar-refractivity contribution in [2.24, 2.45) is 0 Å². The van der Waals surface area contributed by atoms with Gasteiger partial charge in [-0.2, -0.15) is 5.26 Å². The molecular weight excluding hydrogens is 264 g/mol. The van der Waals surface area contributed by atoms with Crippen LogP contribution in [-0.2, 0) is 0 Å². The van der Waals surface area contributed by atoms with Gasteiger partial charge in [-0.1, -0.05) is 6.07 Å². The van der Waals surface area contributed by atoms with Gasteiger partial charge in [0.2, 0.25) is 0 Å². The first kappa shape index (κ1) is 11.5. The van der Waals surface area contributed by atoms with Crippen LogP contribution in [0.25, 0.3) is 0 Å². The zero-order valence-electron chi connectivity index (χ0n) is 9.63. The summed E-state index contributed by atoms with van der Waals surface area (Å²) in [6.07, 6.45) is 2.38.